The molecule has 40 heavy (non-hydrogen) atoms. The van der Waals surface area contributed by atoms with E-state index in [1.165, 1.54) is 21.3 Å². The number of aromatic amines is 1. The minimum absolute atomic E-state index is 0.00740. The molecule has 0 aliphatic rings. The van der Waals surface area contributed by atoms with Crippen molar-refractivity contribution < 1.29 is 41.7 Å². The zero-order valence-electron chi connectivity index (χ0n) is 23.4. The van der Waals surface area contributed by atoms with Crippen molar-refractivity contribution in [2.24, 2.45) is 0 Å². The Morgan fingerprint density at radius 1 is 1.12 bits per heavy atom. The van der Waals surface area contributed by atoms with Crippen LogP contribution in [-0.2, 0) is 45.8 Å². The Morgan fingerprint density at radius 2 is 1.82 bits per heavy atom. The number of nitrogens with zero attached hydrogens (tertiary/aromatic N) is 1. The highest BCUT2D eigenvalue weighted by molar-refractivity contribution is 7.52. The number of halogens is 1. The summed E-state index contributed by atoms with van der Waals surface area (Å²) in [4.78, 5) is 37.7. The van der Waals surface area contributed by atoms with Crippen LogP contribution in [0.15, 0.2) is 40.1 Å². The van der Waals surface area contributed by atoms with Gasteiger partial charge < -0.3 is 23.5 Å². The number of rotatable bonds is 17. The van der Waals surface area contributed by atoms with Crippen molar-refractivity contribution in [2.45, 2.75) is 64.7 Å². The van der Waals surface area contributed by atoms with Crippen molar-refractivity contribution in [2.75, 3.05) is 27.9 Å². The molecule has 1 aromatic heterocycles. The average Bonchev–Trinajstić information content (AvgIpc) is 2.92. The molecule has 0 bridgehead atoms. The van der Waals surface area contributed by atoms with Crippen LogP contribution in [0.3, 0.4) is 0 Å². The summed E-state index contributed by atoms with van der Waals surface area (Å²) in [5, 5.41) is 2.78. The van der Waals surface area contributed by atoms with Gasteiger partial charge in [0, 0.05) is 27.8 Å². The Hall–Kier alpha value is -2.87. The van der Waals surface area contributed by atoms with Crippen molar-refractivity contribution in [1.29, 1.82) is 0 Å². The van der Waals surface area contributed by atoms with Gasteiger partial charge in [-0.2, -0.15) is 4.39 Å². The normalized spacial score (nSPS) is 15.3. The van der Waals surface area contributed by atoms with Crippen LogP contribution in [0.1, 0.15) is 32.8 Å². The number of esters is 1. The molecule has 0 radical (unpaired) electrons. The number of ether oxygens (including phenoxy) is 4. The quantitative estimate of drug-likeness (QED) is 0.159. The predicted molar refractivity (Wildman–Crippen MR) is 143 cm³/mol. The van der Waals surface area contributed by atoms with Gasteiger partial charge >= 0.3 is 19.4 Å². The molecule has 224 valence electrons. The summed E-state index contributed by atoms with van der Waals surface area (Å²) in [6.07, 6.45) is -1.72. The molecular weight excluding hydrogens is 552 g/mol. The zero-order chi connectivity index (χ0) is 29.9. The standard InChI is InChI=1S/C25H37FN3O10P/c1-7-17-10-9-11-18(12-17)39-40(33,28-16(3)24(35-5)36-6)37-15-21(34-4)20(38-22(30)8-2)14-29-13-19(26)23(31)27-25(29)32/h9-13,16,20-21,24H,7-8,14-15H2,1-6H3,(H,28,33)(H,27,31,32)/t16-,20-,21+,40?/m0/s1. The fraction of sp³-hybridized carbons (Fsp3) is 0.560. The lowest BCUT2D eigenvalue weighted by atomic mass is 10.2. The highest BCUT2D eigenvalue weighted by Gasteiger charge is 2.36. The molecule has 0 spiro atoms. The van der Waals surface area contributed by atoms with Crippen LogP contribution in [0.4, 0.5) is 4.39 Å². The minimum atomic E-state index is -4.17. The van der Waals surface area contributed by atoms with Crippen molar-refractivity contribution in [3.8, 4) is 5.75 Å². The number of aryl methyl sites for hydroxylation is 1. The number of carbonyl (C=O) groups is 1. The fourth-order valence-electron chi connectivity index (χ4n) is 3.66. The number of benzene rings is 1. The molecule has 0 saturated heterocycles. The lowest BCUT2D eigenvalue weighted by Gasteiger charge is -2.30. The van der Waals surface area contributed by atoms with Crippen LogP contribution in [-0.4, -0.2) is 68.0 Å². The summed E-state index contributed by atoms with van der Waals surface area (Å²) in [5.41, 5.74) is -1.18. The third-order valence-corrected chi connectivity index (χ3v) is 7.47. The SMILES string of the molecule is CCC(=O)O[C@@H](Cn1cc(F)c(=O)[nH]c1=O)[C@@H](COP(=O)(N[C@@H](C)C(OC)OC)Oc1cccc(CC)c1)OC. The maximum absolute atomic E-state index is 14.0. The molecular formula is C25H37FN3O10P. The summed E-state index contributed by atoms with van der Waals surface area (Å²) in [6, 6.07) is 6.28. The van der Waals surface area contributed by atoms with Crippen LogP contribution < -0.4 is 20.9 Å². The number of hydrogen-bond donors (Lipinski definition) is 2. The van der Waals surface area contributed by atoms with Gasteiger partial charge in [0.2, 0.25) is 5.82 Å². The largest absolute Gasteiger partial charge is 0.459 e. The number of hydrogen-bond acceptors (Lipinski definition) is 10. The molecule has 15 heteroatoms. The van der Waals surface area contributed by atoms with Crippen molar-refractivity contribution in [3.05, 3.63) is 62.7 Å². The van der Waals surface area contributed by atoms with E-state index in [0.717, 1.165) is 10.1 Å². The van der Waals surface area contributed by atoms with Crippen LogP contribution in [0.5, 0.6) is 5.75 Å². The minimum Gasteiger partial charge on any atom is -0.458 e. The highest BCUT2D eigenvalue weighted by Crippen LogP contribution is 2.45. The first-order chi connectivity index (χ1) is 19.0. The lowest BCUT2D eigenvalue weighted by molar-refractivity contribution is -0.158. The van der Waals surface area contributed by atoms with Crippen molar-refractivity contribution in [3.63, 3.8) is 0 Å². The summed E-state index contributed by atoms with van der Waals surface area (Å²) in [7, 11) is -0.0503. The first-order valence-electron chi connectivity index (χ1n) is 12.6. The van der Waals surface area contributed by atoms with Gasteiger partial charge in [0.05, 0.1) is 25.4 Å². The van der Waals surface area contributed by atoms with E-state index < -0.39 is 68.5 Å². The summed E-state index contributed by atoms with van der Waals surface area (Å²) < 4.78 is 61.6. The summed E-state index contributed by atoms with van der Waals surface area (Å²) in [6.45, 7) is 4.31. The number of nitrogens with one attached hydrogen (secondary N) is 2. The number of methoxy groups -OCH3 is 3. The maximum atomic E-state index is 14.0. The Labute approximate surface area is 231 Å². The number of H-pyrrole nitrogens is 1. The first-order valence-corrected chi connectivity index (χ1v) is 14.1. The van der Waals surface area contributed by atoms with Gasteiger partial charge in [-0.3, -0.25) is 23.7 Å². The molecule has 2 N–H and O–H groups in total. The number of aromatic nitrogens is 2. The molecule has 1 unspecified atom stereocenters. The van der Waals surface area contributed by atoms with Crippen molar-refractivity contribution in [1.82, 2.24) is 14.6 Å². The molecule has 0 amide bonds. The average molecular weight is 590 g/mol. The van der Waals surface area contributed by atoms with E-state index in [1.54, 1.807) is 32.0 Å². The van der Waals surface area contributed by atoms with Gasteiger partial charge in [0.1, 0.15) is 18.0 Å². The van der Waals surface area contributed by atoms with Gasteiger partial charge in [0.15, 0.2) is 6.29 Å². The van der Waals surface area contributed by atoms with Crippen LogP contribution in [0.2, 0.25) is 0 Å². The third-order valence-electron chi connectivity index (χ3n) is 5.81. The van der Waals surface area contributed by atoms with Crippen LogP contribution >= 0.6 is 7.75 Å². The van der Waals surface area contributed by atoms with E-state index in [9.17, 15) is 23.3 Å². The summed E-state index contributed by atoms with van der Waals surface area (Å²) >= 11 is 0. The topological polar surface area (TPSA) is 156 Å². The molecule has 13 nitrogen and oxygen atoms in total. The number of carbonyl (C=O) groups excluding carboxylic acids is 1. The Bertz CT molecular complexity index is 1270. The molecule has 0 saturated carbocycles. The van der Waals surface area contributed by atoms with Crippen LogP contribution in [0, 0.1) is 5.82 Å². The predicted octanol–water partition coefficient (Wildman–Crippen LogP) is 2.38. The van der Waals surface area contributed by atoms with E-state index in [-0.39, 0.29) is 12.2 Å². The second-order valence-corrected chi connectivity index (χ2v) is 10.4. The monoisotopic (exact) mass is 589 g/mol. The van der Waals surface area contributed by atoms with Gasteiger partial charge in [-0.15, -0.1) is 0 Å². The summed E-state index contributed by atoms with van der Waals surface area (Å²) in [5.74, 6) is -1.58. The second kappa shape index (κ2) is 15.8. The van der Waals surface area contributed by atoms with E-state index in [1.807, 2.05) is 18.0 Å². The molecule has 1 heterocycles. The fourth-order valence-corrected chi connectivity index (χ4v) is 5.19. The van der Waals surface area contributed by atoms with E-state index >= 15 is 0 Å². The molecule has 4 atom stereocenters. The molecule has 2 aromatic rings. The molecule has 0 fully saturated rings. The van der Waals surface area contributed by atoms with Gasteiger partial charge in [-0.1, -0.05) is 26.0 Å². The van der Waals surface area contributed by atoms with Gasteiger partial charge in [0.25, 0.3) is 5.56 Å². The zero-order valence-corrected chi connectivity index (χ0v) is 24.3. The van der Waals surface area contributed by atoms with Crippen LogP contribution in [0.25, 0.3) is 0 Å². The Kier molecular flexibility index (Phi) is 13.2. The van der Waals surface area contributed by atoms with Gasteiger partial charge in [-0.05, 0) is 31.0 Å². The van der Waals surface area contributed by atoms with Gasteiger partial charge in [-0.25, -0.2) is 14.4 Å². The first kappa shape index (κ1) is 33.3. The van der Waals surface area contributed by atoms with Crippen molar-refractivity contribution >= 4 is 13.7 Å². The Balaban J connectivity index is 2.36. The van der Waals surface area contributed by atoms with E-state index in [2.05, 4.69) is 5.09 Å². The second-order valence-electron chi connectivity index (χ2n) is 8.69. The molecule has 1 aromatic carbocycles. The van der Waals surface area contributed by atoms with E-state index in [0.29, 0.717) is 12.6 Å². The molecule has 0 aliphatic carbocycles. The lowest BCUT2D eigenvalue weighted by Crippen LogP contribution is -2.44. The van der Waals surface area contributed by atoms with E-state index in [4.69, 9.17) is 28.0 Å². The highest BCUT2D eigenvalue weighted by atomic mass is 31.2. The third kappa shape index (κ3) is 9.65. The Morgan fingerprint density at radius 3 is 2.42 bits per heavy atom. The molecule has 2 rings (SSSR count). The smallest absolute Gasteiger partial charge is 0.458 e. The molecule has 0 aliphatic heterocycles. The maximum Gasteiger partial charge on any atom is 0.459 e.